The number of hydrogen-bond donors (Lipinski definition) is 1. The van der Waals surface area contributed by atoms with E-state index in [4.69, 9.17) is 4.52 Å². The molecule has 0 aliphatic carbocycles. The Morgan fingerprint density at radius 1 is 1.00 bits per heavy atom. The van der Waals surface area contributed by atoms with Gasteiger partial charge in [-0.3, -0.25) is 0 Å². The first-order valence-electron chi connectivity index (χ1n) is 8.02. The number of thiazole rings is 1. The molecule has 26 heavy (non-hydrogen) atoms. The number of amides is 1. The Bertz CT molecular complexity index is 1040. The minimum Gasteiger partial charge on any atom is -0.339 e. The normalized spacial score (nSPS) is 10.8. The molecule has 0 aliphatic rings. The monoisotopic (exact) mass is 363 g/mol. The van der Waals surface area contributed by atoms with E-state index in [1.807, 2.05) is 48.5 Å². The lowest BCUT2D eigenvalue weighted by molar-refractivity contribution is -0.463. The maximum absolute atomic E-state index is 12.5. The molecule has 0 aliphatic heterocycles. The van der Waals surface area contributed by atoms with Gasteiger partial charge in [0.25, 0.3) is 5.13 Å². The van der Waals surface area contributed by atoms with Crippen molar-refractivity contribution in [3.63, 3.8) is 0 Å². The summed E-state index contributed by atoms with van der Waals surface area (Å²) in [6, 6.07) is 18.9. The summed E-state index contributed by atoms with van der Waals surface area (Å²) >= 11 is 1.37. The van der Waals surface area contributed by atoms with Crippen molar-refractivity contribution in [2.45, 2.75) is 6.92 Å². The highest BCUT2D eigenvalue weighted by atomic mass is 32.1. The van der Waals surface area contributed by atoms with Crippen LogP contribution in [0.3, 0.4) is 0 Å². The number of nitrogens with two attached hydrogens (primary N) is 1. The molecule has 0 atom stereocenters. The number of nitrogens with zero attached hydrogens (tertiary/aromatic N) is 3. The molecule has 7 heteroatoms. The topological polar surface area (TPSA) is 85.5 Å². The van der Waals surface area contributed by atoms with Gasteiger partial charge >= 0.3 is 5.91 Å². The minimum atomic E-state index is -0.0881. The van der Waals surface area contributed by atoms with Crippen molar-refractivity contribution in [2.24, 2.45) is 0 Å². The summed E-state index contributed by atoms with van der Waals surface area (Å²) in [4.78, 5) is 22.2. The van der Waals surface area contributed by atoms with Crippen molar-refractivity contribution in [3.05, 3.63) is 72.1 Å². The summed E-state index contributed by atoms with van der Waals surface area (Å²) < 4.78 is 5.11. The number of aromatic nitrogens is 3. The second kappa shape index (κ2) is 6.99. The van der Waals surface area contributed by atoms with E-state index in [0.717, 1.165) is 16.1 Å². The van der Waals surface area contributed by atoms with E-state index >= 15 is 0 Å². The standard InChI is InChI=1S/C19H14N4O2S/c1-12-20-17(23-25-12)16-15(13-8-4-2-5-9-13)21-19(26-16)22-18(24)14-10-6-3-7-11-14/h2-11H,1H3,(H,21,22,24)/p+1. The fourth-order valence-corrected chi connectivity index (χ4v) is 3.48. The Labute approximate surface area is 153 Å². The lowest BCUT2D eigenvalue weighted by Crippen LogP contribution is -2.82. The highest BCUT2D eigenvalue weighted by Crippen LogP contribution is 2.36. The summed E-state index contributed by atoms with van der Waals surface area (Å²) in [5.74, 6) is 0.874. The molecule has 0 unspecified atom stereocenters. The van der Waals surface area contributed by atoms with Crippen LogP contribution < -0.4 is 5.32 Å². The minimum absolute atomic E-state index is 0.0881. The Balaban J connectivity index is 1.73. The molecule has 0 fully saturated rings. The summed E-state index contributed by atoms with van der Waals surface area (Å²) in [6.45, 7) is 1.74. The largest absolute Gasteiger partial charge is 0.349 e. The van der Waals surface area contributed by atoms with Gasteiger partial charge in [0.2, 0.25) is 11.7 Å². The smallest absolute Gasteiger partial charge is 0.339 e. The van der Waals surface area contributed by atoms with Crippen LogP contribution in [0.5, 0.6) is 0 Å². The van der Waals surface area contributed by atoms with Gasteiger partial charge in [-0.25, -0.2) is 10.1 Å². The van der Waals surface area contributed by atoms with Crippen molar-refractivity contribution in [1.82, 2.24) is 15.1 Å². The zero-order chi connectivity index (χ0) is 17.9. The van der Waals surface area contributed by atoms with Crippen LogP contribution >= 0.6 is 11.3 Å². The molecular weight excluding hydrogens is 348 g/mol. The Hall–Kier alpha value is -3.16. The molecule has 128 valence electrons. The highest BCUT2D eigenvalue weighted by Gasteiger charge is 2.23. The quantitative estimate of drug-likeness (QED) is 0.602. The zero-order valence-electron chi connectivity index (χ0n) is 13.9. The number of rotatable bonds is 4. The molecule has 6 nitrogen and oxygen atoms in total. The van der Waals surface area contributed by atoms with Crippen molar-refractivity contribution < 1.29 is 14.6 Å². The van der Waals surface area contributed by atoms with Gasteiger partial charge in [-0.1, -0.05) is 65.0 Å². The number of carbonyl (C=O) groups excluding carboxylic acids is 1. The average Bonchev–Trinajstić information content (AvgIpc) is 3.29. The molecule has 1 amide bonds. The fourth-order valence-electron chi connectivity index (χ4n) is 2.53. The third-order valence-corrected chi connectivity index (χ3v) is 4.73. The first kappa shape index (κ1) is 16.3. The van der Waals surface area contributed by atoms with Crippen LogP contribution in [-0.2, 0) is 0 Å². The highest BCUT2D eigenvalue weighted by molar-refractivity contribution is 7.18. The molecule has 2 heterocycles. The molecule has 0 saturated carbocycles. The van der Waals surface area contributed by atoms with Crippen LogP contribution in [0.2, 0.25) is 0 Å². The lowest BCUT2D eigenvalue weighted by Gasteiger charge is -1.97. The van der Waals surface area contributed by atoms with Gasteiger partial charge in [0.15, 0.2) is 0 Å². The number of quaternary nitrogens is 1. The van der Waals surface area contributed by atoms with Gasteiger partial charge in [0.05, 0.1) is 11.3 Å². The van der Waals surface area contributed by atoms with Crippen LogP contribution in [0.15, 0.2) is 65.2 Å². The maximum atomic E-state index is 12.5. The number of carbonyl (C=O) groups is 1. The second-order valence-electron chi connectivity index (χ2n) is 5.61. The van der Waals surface area contributed by atoms with Crippen molar-refractivity contribution in [2.75, 3.05) is 0 Å². The van der Waals surface area contributed by atoms with Crippen molar-refractivity contribution in [1.29, 1.82) is 0 Å². The van der Waals surface area contributed by atoms with Crippen LogP contribution in [0.4, 0.5) is 5.13 Å². The first-order chi connectivity index (χ1) is 12.7. The van der Waals surface area contributed by atoms with Crippen LogP contribution in [-0.4, -0.2) is 21.0 Å². The molecule has 0 spiro atoms. The van der Waals surface area contributed by atoms with E-state index in [1.54, 1.807) is 24.4 Å². The summed E-state index contributed by atoms with van der Waals surface area (Å²) in [5, 5.41) is 6.16. The number of benzene rings is 2. The lowest BCUT2D eigenvalue weighted by atomic mass is 10.1. The Morgan fingerprint density at radius 2 is 1.69 bits per heavy atom. The van der Waals surface area contributed by atoms with E-state index in [-0.39, 0.29) is 5.91 Å². The van der Waals surface area contributed by atoms with Crippen LogP contribution in [0.1, 0.15) is 16.2 Å². The fraction of sp³-hybridized carbons (Fsp3) is 0.0526. The van der Waals surface area contributed by atoms with E-state index in [1.165, 1.54) is 11.3 Å². The van der Waals surface area contributed by atoms with Crippen molar-refractivity contribution in [3.8, 4) is 22.0 Å². The van der Waals surface area contributed by atoms with Gasteiger partial charge in [-0.05, 0) is 12.1 Å². The SMILES string of the molecule is Cc1nc(-c2sc([NH2+]C(=O)c3ccccc3)nc2-c2ccccc2)no1. The Kier molecular flexibility index (Phi) is 4.39. The third-order valence-electron chi connectivity index (χ3n) is 3.73. The molecule has 2 aromatic heterocycles. The van der Waals surface area contributed by atoms with E-state index < -0.39 is 0 Å². The van der Waals surface area contributed by atoms with Gasteiger partial charge in [0, 0.05) is 12.5 Å². The molecule has 2 aromatic carbocycles. The molecule has 0 bridgehead atoms. The molecule has 4 aromatic rings. The predicted octanol–water partition coefficient (Wildman–Crippen LogP) is 3.20. The van der Waals surface area contributed by atoms with Gasteiger partial charge in [-0.2, -0.15) is 9.97 Å². The molecular formula is C19H15N4O2S+. The first-order valence-corrected chi connectivity index (χ1v) is 8.83. The van der Waals surface area contributed by atoms with Gasteiger partial charge in [0.1, 0.15) is 4.88 Å². The Morgan fingerprint density at radius 3 is 2.35 bits per heavy atom. The van der Waals surface area contributed by atoms with E-state index in [2.05, 4.69) is 15.1 Å². The van der Waals surface area contributed by atoms with E-state index in [9.17, 15) is 4.79 Å². The van der Waals surface area contributed by atoms with Crippen LogP contribution in [0, 0.1) is 6.92 Å². The zero-order valence-corrected chi connectivity index (χ0v) is 14.7. The number of hydrogen-bond acceptors (Lipinski definition) is 6. The van der Waals surface area contributed by atoms with Crippen molar-refractivity contribution >= 4 is 22.4 Å². The van der Waals surface area contributed by atoms with E-state index in [0.29, 0.717) is 22.4 Å². The third kappa shape index (κ3) is 3.30. The molecule has 0 saturated heterocycles. The van der Waals surface area contributed by atoms with Gasteiger partial charge in [-0.15, -0.1) is 0 Å². The summed E-state index contributed by atoms with van der Waals surface area (Å²) in [7, 11) is 0. The molecule has 0 radical (unpaired) electrons. The summed E-state index contributed by atoms with van der Waals surface area (Å²) in [5.41, 5.74) is 2.30. The molecule has 2 N–H and O–H groups in total. The second-order valence-corrected chi connectivity index (χ2v) is 6.64. The molecule has 4 rings (SSSR count). The average molecular weight is 363 g/mol. The number of primary amides is 1. The number of aryl methyl sites for hydroxylation is 1. The predicted molar refractivity (Wildman–Crippen MR) is 97.9 cm³/mol. The van der Waals surface area contributed by atoms with Crippen LogP contribution in [0.25, 0.3) is 22.0 Å². The maximum Gasteiger partial charge on any atom is 0.349 e. The summed E-state index contributed by atoms with van der Waals surface area (Å²) in [6.07, 6.45) is 0. The van der Waals surface area contributed by atoms with Gasteiger partial charge < -0.3 is 4.52 Å².